The van der Waals surface area contributed by atoms with E-state index in [0.717, 1.165) is 25.9 Å². The molecule has 1 saturated heterocycles. The third-order valence-electron chi connectivity index (χ3n) is 4.31. The number of hydrogen-bond acceptors (Lipinski definition) is 5. The third-order valence-corrected chi connectivity index (χ3v) is 4.31. The lowest BCUT2D eigenvalue weighted by atomic mass is 10.1. The molecule has 0 atom stereocenters. The molecular formula is C17H21ClF3N5O2. The fraction of sp³-hybridized carbons (Fsp3) is 0.471. The first-order valence-corrected chi connectivity index (χ1v) is 8.54. The van der Waals surface area contributed by atoms with Crippen molar-refractivity contribution in [3.05, 3.63) is 41.7 Å². The highest BCUT2D eigenvalue weighted by molar-refractivity contribution is 5.91. The molecule has 0 aliphatic carbocycles. The van der Waals surface area contributed by atoms with Gasteiger partial charge in [0.1, 0.15) is 5.75 Å². The van der Waals surface area contributed by atoms with Crippen molar-refractivity contribution in [1.29, 1.82) is 0 Å². The highest BCUT2D eigenvalue weighted by atomic mass is 35.5. The van der Waals surface area contributed by atoms with Crippen molar-refractivity contribution < 1.29 is 22.7 Å². The standard InChI is InChI=1S/C17H20F3N5O2.ClH/c1-24(10-12-3-2-4-14(9-12)27-17(18,19)20)16(26)15-11-25(23-22-15)13-5-7-21-8-6-13;/h2-4,9,11,13,21H,5-8,10H2,1H3;1H. The molecular weight excluding hydrogens is 399 g/mol. The highest BCUT2D eigenvalue weighted by Gasteiger charge is 2.31. The summed E-state index contributed by atoms with van der Waals surface area (Å²) in [6, 6.07) is 5.75. The fourth-order valence-electron chi connectivity index (χ4n) is 3.01. The number of carbonyl (C=O) groups is 1. The molecule has 1 fully saturated rings. The van der Waals surface area contributed by atoms with Gasteiger partial charge in [0.25, 0.3) is 5.91 Å². The molecule has 1 N–H and O–H groups in total. The maximum absolute atomic E-state index is 12.5. The summed E-state index contributed by atoms with van der Waals surface area (Å²) in [5.74, 6) is -0.671. The molecule has 1 amide bonds. The minimum Gasteiger partial charge on any atom is -0.406 e. The summed E-state index contributed by atoms with van der Waals surface area (Å²) in [4.78, 5) is 13.9. The van der Waals surface area contributed by atoms with Gasteiger partial charge in [0.05, 0.1) is 12.2 Å². The molecule has 0 saturated carbocycles. The van der Waals surface area contributed by atoms with Gasteiger partial charge >= 0.3 is 6.36 Å². The van der Waals surface area contributed by atoms with Crippen molar-refractivity contribution in [2.45, 2.75) is 31.8 Å². The largest absolute Gasteiger partial charge is 0.573 e. The van der Waals surface area contributed by atoms with E-state index in [4.69, 9.17) is 0 Å². The van der Waals surface area contributed by atoms with Crippen LogP contribution in [0.3, 0.4) is 0 Å². The van der Waals surface area contributed by atoms with Gasteiger partial charge < -0.3 is 15.0 Å². The van der Waals surface area contributed by atoms with Crippen LogP contribution in [0.1, 0.15) is 34.9 Å². The zero-order valence-corrected chi connectivity index (χ0v) is 16.0. The van der Waals surface area contributed by atoms with Crippen LogP contribution in [0.5, 0.6) is 5.75 Å². The highest BCUT2D eigenvalue weighted by Crippen LogP contribution is 2.24. The lowest BCUT2D eigenvalue weighted by Crippen LogP contribution is -2.29. The van der Waals surface area contributed by atoms with Crippen molar-refractivity contribution in [3.8, 4) is 5.75 Å². The number of aromatic nitrogens is 3. The molecule has 1 aliphatic rings. The van der Waals surface area contributed by atoms with Gasteiger partial charge in [-0.3, -0.25) is 4.79 Å². The van der Waals surface area contributed by atoms with Gasteiger partial charge in [-0.15, -0.1) is 30.7 Å². The summed E-state index contributed by atoms with van der Waals surface area (Å²) in [6.45, 7) is 1.90. The first-order valence-electron chi connectivity index (χ1n) is 8.54. The fourth-order valence-corrected chi connectivity index (χ4v) is 3.01. The Hall–Kier alpha value is -2.33. The summed E-state index contributed by atoms with van der Waals surface area (Å²) in [5.41, 5.74) is 0.720. The Morgan fingerprint density at radius 1 is 1.36 bits per heavy atom. The van der Waals surface area contributed by atoms with Crippen molar-refractivity contribution in [1.82, 2.24) is 25.2 Å². The topological polar surface area (TPSA) is 72.3 Å². The van der Waals surface area contributed by atoms with Crippen molar-refractivity contribution >= 4 is 18.3 Å². The summed E-state index contributed by atoms with van der Waals surface area (Å²) in [6.07, 6.45) is -1.30. The average Bonchev–Trinajstić information content (AvgIpc) is 3.10. The minimum absolute atomic E-state index is 0. The van der Waals surface area contributed by atoms with Crippen LogP contribution in [0.15, 0.2) is 30.5 Å². The lowest BCUT2D eigenvalue weighted by Gasteiger charge is -2.22. The summed E-state index contributed by atoms with van der Waals surface area (Å²) in [5, 5.41) is 11.3. The zero-order chi connectivity index (χ0) is 19.4. The van der Waals surface area contributed by atoms with E-state index in [0.29, 0.717) is 5.56 Å². The maximum atomic E-state index is 12.5. The molecule has 0 unspecified atom stereocenters. The van der Waals surface area contributed by atoms with Crippen LogP contribution in [0.25, 0.3) is 0 Å². The number of benzene rings is 1. The second-order valence-electron chi connectivity index (χ2n) is 6.42. The SMILES string of the molecule is CN(Cc1cccc(OC(F)(F)F)c1)C(=O)c1cn(C2CCNCC2)nn1.Cl. The normalized spacial score (nSPS) is 15.0. The molecule has 28 heavy (non-hydrogen) atoms. The number of nitrogens with zero attached hydrogens (tertiary/aromatic N) is 4. The molecule has 2 aromatic rings. The number of nitrogens with one attached hydrogen (secondary N) is 1. The third kappa shape index (κ3) is 5.83. The van der Waals surface area contributed by atoms with Crippen molar-refractivity contribution in [2.24, 2.45) is 0 Å². The smallest absolute Gasteiger partial charge is 0.406 e. The minimum atomic E-state index is -4.76. The molecule has 0 radical (unpaired) electrons. The van der Waals surface area contributed by atoms with Gasteiger partial charge in [0.15, 0.2) is 5.69 Å². The number of piperidine rings is 1. The van der Waals surface area contributed by atoms with Crippen LogP contribution in [0.4, 0.5) is 13.2 Å². The van der Waals surface area contributed by atoms with Crippen LogP contribution >= 0.6 is 12.4 Å². The molecule has 2 heterocycles. The Kier molecular flexibility index (Phi) is 7.25. The van der Waals surface area contributed by atoms with Crippen LogP contribution in [0, 0.1) is 0 Å². The number of alkyl halides is 3. The maximum Gasteiger partial charge on any atom is 0.573 e. The van der Waals surface area contributed by atoms with E-state index >= 15 is 0 Å². The molecule has 1 aliphatic heterocycles. The van der Waals surface area contributed by atoms with Gasteiger partial charge in [-0.1, -0.05) is 17.3 Å². The molecule has 0 bridgehead atoms. The van der Waals surface area contributed by atoms with Gasteiger partial charge in [0, 0.05) is 13.6 Å². The van der Waals surface area contributed by atoms with E-state index in [1.807, 2.05) is 0 Å². The molecule has 1 aromatic carbocycles. The Morgan fingerprint density at radius 3 is 2.75 bits per heavy atom. The number of ether oxygens (including phenoxy) is 1. The lowest BCUT2D eigenvalue weighted by molar-refractivity contribution is -0.274. The van der Waals surface area contributed by atoms with Crippen LogP contribution in [-0.4, -0.2) is 52.3 Å². The summed E-state index contributed by atoms with van der Waals surface area (Å²) >= 11 is 0. The Labute approximate surface area is 166 Å². The summed E-state index contributed by atoms with van der Waals surface area (Å²) < 4.78 is 42.6. The van der Waals surface area contributed by atoms with Gasteiger partial charge in [-0.25, -0.2) is 4.68 Å². The van der Waals surface area contributed by atoms with E-state index in [2.05, 4.69) is 20.4 Å². The Bertz CT molecular complexity index is 793. The molecule has 11 heteroatoms. The quantitative estimate of drug-likeness (QED) is 0.806. The molecule has 154 valence electrons. The predicted molar refractivity (Wildman–Crippen MR) is 97.3 cm³/mol. The second kappa shape index (κ2) is 9.24. The summed E-state index contributed by atoms with van der Waals surface area (Å²) in [7, 11) is 1.56. The van der Waals surface area contributed by atoms with Gasteiger partial charge in [-0.05, 0) is 43.6 Å². The van der Waals surface area contributed by atoms with E-state index in [-0.39, 0.29) is 42.3 Å². The average molecular weight is 420 g/mol. The van der Waals surface area contributed by atoms with E-state index in [9.17, 15) is 18.0 Å². The number of amides is 1. The van der Waals surface area contributed by atoms with E-state index < -0.39 is 6.36 Å². The van der Waals surface area contributed by atoms with Crippen molar-refractivity contribution in [2.75, 3.05) is 20.1 Å². The number of carbonyl (C=O) groups excluding carboxylic acids is 1. The van der Waals surface area contributed by atoms with Crippen LogP contribution in [-0.2, 0) is 6.54 Å². The molecule has 7 nitrogen and oxygen atoms in total. The van der Waals surface area contributed by atoms with Crippen LogP contribution < -0.4 is 10.1 Å². The Morgan fingerprint density at radius 2 is 2.07 bits per heavy atom. The first kappa shape index (κ1) is 22.0. The van der Waals surface area contributed by atoms with Crippen LogP contribution in [0.2, 0.25) is 0 Å². The first-order chi connectivity index (χ1) is 12.8. The molecule has 1 aromatic heterocycles. The monoisotopic (exact) mass is 419 g/mol. The zero-order valence-electron chi connectivity index (χ0n) is 15.1. The van der Waals surface area contributed by atoms with Gasteiger partial charge in [-0.2, -0.15) is 0 Å². The van der Waals surface area contributed by atoms with Crippen molar-refractivity contribution in [3.63, 3.8) is 0 Å². The van der Waals surface area contributed by atoms with E-state index in [1.165, 1.54) is 23.1 Å². The Balaban J connectivity index is 0.00000280. The van der Waals surface area contributed by atoms with Gasteiger partial charge in [0.2, 0.25) is 0 Å². The predicted octanol–water partition coefficient (Wildman–Crippen LogP) is 2.80. The molecule has 0 spiro atoms. The molecule has 3 rings (SSSR count). The number of hydrogen-bond donors (Lipinski definition) is 1. The second-order valence-corrected chi connectivity index (χ2v) is 6.42. The van der Waals surface area contributed by atoms with E-state index in [1.54, 1.807) is 24.0 Å². The number of halogens is 4. The number of rotatable bonds is 5.